The van der Waals surface area contributed by atoms with E-state index in [1.165, 1.54) is 25.3 Å². The lowest BCUT2D eigenvalue weighted by molar-refractivity contribution is 0.304. The van der Waals surface area contributed by atoms with Gasteiger partial charge in [0.25, 0.3) is 0 Å². The molecule has 2 N–H and O–H groups in total. The average molecular weight is 168 g/mol. The highest BCUT2D eigenvalue weighted by molar-refractivity contribution is 5.23. The maximum Gasteiger partial charge on any atom is 0.119 e. The molecule has 12 heavy (non-hydrogen) atoms. The van der Waals surface area contributed by atoms with Crippen molar-refractivity contribution in [1.29, 1.82) is 0 Å². The zero-order valence-electron chi connectivity index (χ0n) is 6.95. The molecule has 0 aliphatic carbocycles. The van der Waals surface area contributed by atoms with E-state index in [4.69, 9.17) is 10.2 Å². The van der Waals surface area contributed by atoms with E-state index >= 15 is 0 Å². The van der Waals surface area contributed by atoms with E-state index in [2.05, 4.69) is 17.9 Å². The highest BCUT2D eigenvalue weighted by atomic mass is 16.5. The van der Waals surface area contributed by atoms with Crippen molar-refractivity contribution in [2.24, 2.45) is 0 Å². The van der Waals surface area contributed by atoms with Crippen molar-refractivity contribution in [2.45, 2.75) is 0 Å². The Balaban J connectivity index is 4.20. The molecule has 3 heteroatoms. The quantitative estimate of drug-likeness (QED) is 0.499. The molecule has 0 bridgehead atoms. The van der Waals surface area contributed by atoms with Crippen LogP contribution in [-0.4, -0.2) is 17.3 Å². The summed E-state index contributed by atoms with van der Waals surface area (Å²) in [5.41, 5.74) is 0. The zero-order chi connectivity index (χ0) is 9.56. The van der Waals surface area contributed by atoms with Crippen molar-refractivity contribution in [2.75, 3.05) is 7.11 Å². The fourth-order valence-corrected chi connectivity index (χ4v) is 0.454. The summed E-state index contributed by atoms with van der Waals surface area (Å²) >= 11 is 0. The van der Waals surface area contributed by atoms with Gasteiger partial charge in [0.1, 0.15) is 17.3 Å². The molecule has 0 aromatic heterocycles. The lowest BCUT2D eigenvalue weighted by Gasteiger charge is -1.96. The van der Waals surface area contributed by atoms with Gasteiger partial charge in [0.2, 0.25) is 0 Å². The summed E-state index contributed by atoms with van der Waals surface area (Å²) in [6.45, 7) is 6.67. The second kappa shape index (κ2) is 5.07. The van der Waals surface area contributed by atoms with Gasteiger partial charge in [-0.25, -0.2) is 0 Å². The fraction of sp³-hybridized carbons (Fsp3) is 0.111. The van der Waals surface area contributed by atoms with Crippen molar-refractivity contribution >= 4 is 0 Å². The van der Waals surface area contributed by atoms with Crippen LogP contribution < -0.4 is 0 Å². The Hall–Kier alpha value is -1.64. The molecule has 0 saturated heterocycles. The fourth-order valence-electron chi connectivity index (χ4n) is 0.454. The number of rotatable bonds is 4. The van der Waals surface area contributed by atoms with Crippen LogP contribution in [0.15, 0.2) is 48.7 Å². The lowest BCUT2D eigenvalue weighted by Crippen LogP contribution is -1.82. The minimum atomic E-state index is -0.127. The molecule has 0 rings (SSSR count). The number of methoxy groups -OCH3 is 1. The molecule has 0 aromatic carbocycles. The van der Waals surface area contributed by atoms with Gasteiger partial charge in [0.15, 0.2) is 0 Å². The molecule has 0 spiro atoms. The van der Waals surface area contributed by atoms with Crippen LogP contribution in [0.25, 0.3) is 0 Å². The number of hydrogen-bond donors (Lipinski definition) is 2. The maximum atomic E-state index is 9.08. The van der Waals surface area contributed by atoms with Crippen LogP contribution in [0.3, 0.4) is 0 Å². The number of ether oxygens (including phenoxy) is 1. The van der Waals surface area contributed by atoms with Crippen molar-refractivity contribution < 1.29 is 14.9 Å². The van der Waals surface area contributed by atoms with E-state index in [1.54, 1.807) is 0 Å². The standard InChI is InChI=1S/C9H12O3/c1-7(10)4-5-9(11)6-8(2)12-3/h4-6,10-11H,1-2H2,3H3/b5-4-,9-6+. The van der Waals surface area contributed by atoms with Crippen LogP contribution in [0.4, 0.5) is 0 Å². The average Bonchev–Trinajstić information content (AvgIpc) is 2.00. The molecule has 66 valence electrons. The lowest BCUT2D eigenvalue weighted by atomic mass is 10.3. The predicted molar refractivity (Wildman–Crippen MR) is 47.8 cm³/mol. The van der Waals surface area contributed by atoms with Gasteiger partial charge >= 0.3 is 0 Å². The first-order chi connectivity index (χ1) is 5.56. The van der Waals surface area contributed by atoms with Crippen molar-refractivity contribution in [3.05, 3.63) is 48.7 Å². The normalized spacial score (nSPS) is 11.6. The predicted octanol–water partition coefficient (Wildman–Crippen LogP) is 2.22. The Bertz CT molecular complexity index is 236. The van der Waals surface area contributed by atoms with Gasteiger partial charge in [0, 0.05) is 6.08 Å². The molecular formula is C9H12O3. The van der Waals surface area contributed by atoms with Crippen LogP contribution in [0.5, 0.6) is 0 Å². The van der Waals surface area contributed by atoms with Gasteiger partial charge in [-0.2, -0.15) is 0 Å². The van der Waals surface area contributed by atoms with Crippen molar-refractivity contribution in [1.82, 2.24) is 0 Å². The summed E-state index contributed by atoms with van der Waals surface area (Å²) in [6, 6.07) is 0. The molecule has 0 aliphatic rings. The molecular weight excluding hydrogens is 156 g/mol. The maximum absolute atomic E-state index is 9.08. The zero-order valence-corrected chi connectivity index (χ0v) is 6.95. The first kappa shape index (κ1) is 10.4. The molecule has 0 aliphatic heterocycles. The summed E-state index contributed by atoms with van der Waals surface area (Å²) in [6.07, 6.45) is 3.86. The van der Waals surface area contributed by atoms with E-state index in [1.807, 2.05) is 0 Å². The topological polar surface area (TPSA) is 49.7 Å². The summed E-state index contributed by atoms with van der Waals surface area (Å²) in [5, 5.41) is 17.7. The third-order valence-corrected chi connectivity index (χ3v) is 1.02. The second-order valence-corrected chi connectivity index (χ2v) is 2.06. The first-order valence-corrected chi connectivity index (χ1v) is 3.25. The monoisotopic (exact) mass is 168 g/mol. The smallest absolute Gasteiger partial charge is 0.119 e. The highest BCUT2D eigenvalue weighted by Crippen LogP contribution is 2.00. The Labute approximate surface area is 71.6 Å². The molecule has 0 amide bonds. The van der Waals surface area contributed by atoms with Gasteiger partial charge in [-0.1, -0.05) is 13.2 Å². The van der Waals surface area contributed by atoms with Crippen molar-refractivity contribution in [3.8, 4) is 0 Å². The summed E-state index contributed by atoms with van der Waals surface area (Å²) < 4.78 is 4.68. The molecule has 3 nitrogen and oxygen atoms in total. The van der Waals surface area contributed by atoms with E-state index in [0.29, 0.717) is 5.76 Å². The Morgan fingerprint density at radius 3 is 2.25 bits per heavy atom. The van der Waals surface area contributed by atoms with Gasteiger partial charge in [0.05, 0.1) is 7.11 Å². The molecule has 0 unspecified atom stereocenters. The van der Waals surface area contributed by atoms with Crippen LogP contribution in [-0.2, 0) is 4.74 Å². The van der Waals surface area contributed by atoms with E-state index in [0.717, 1.165) is 0 Å². The Morgan fingerprint density at radius 2 is 1.83 bits per heavy atom. The van der Waals surface area contributed by atoms with Gasteiger partial charge < -0.3 is 14.9 Å². The summed E-state index contributed by atoms with van der Waals surface area (Å²) in [7, 11) is 1.45. The van der Waals surface area contributed by atoms with Gasteiger partial charge in [-0.15, -0.1) is 0 Å². The van der Waals surface area contributed by atoms with E-state index < -0.39 is 0 Å². The van der Waals surface area contributed by atoms with Gasteiger partial charge in [-0.3, -0.25) is 0 Å². The van der Waals surface area contributed by atoms with E-state index in [-0.39, 0.29) is 11.5 Å². The molecule has 0 fully saturated rings. The second-order valence-electron chi connectivity index (χ2n) is 2.06. The van der Waals surface area contributed by atoms with Crippen LogP contribution in [0, 0.1) is 0 Å². The third kappa shape index (κ3) is 5.17. The highest BCUT2D eigenvalue weighted by Gasteiger charge is 1.88. The minimum absolute atomic E-state index is 0.0583. The van der Waals surface area contributed by atoms with E-state index in [9.17, 15) is 0 Å². The number of allylic oxidation sites excluding steroid dienone is 3. The van der Waals surface area contributed by atoms with Gasteiger partial charge in [-0.05, 0) is 12.2 Å². The molecule has 0 radical (unpaired) electrons. The van der Waals surface area contributed by atoms with Crippen LogP contribution in [0.2, 0.25) is 0 Å². The number of hydrogen-bond acceptors (Lipinski definition) is 3. The Morgan fingerprint density at radius 1 is 1.25 bits per heavy atom. The number of aliphatic hydroxyl groups is 2. The molecule has 0 atom stereocenters. The summed E-state index contributed by atoms with van der Waals surface area (Å²) in [4.78, 5) is 0. The molecule has 0 aromatic rings. The number of aliphatic hydroxyl groups excluding tert-OH is 2. The minimum Gasteiger partial charge on any atom is -0.509 e. The Kier molecular flexibility index (Phi) is 4.38. The molecule has 0 heterocycles. The largest absolute Gasteiger partial charge is 0.509 e. The third-order valence-electron chi connectivity index (χ3n) is 1.02. The molecule has 0 saturated carbocycles. The van der Waals surface area contributed by atoms with Crippen LogP contribution >= 0.6 is 0 Å². The first-order valence-electron chi connectivity index (χ1n) is 3.25. The summed E-state index contributed by atoms with van der Waals surface area (Å²) in [5.74, 6) is 0.149. The van der Waals surface area contributed by atoms with Crippen molar-refractivity contribution in [3.63, 3.8) is 0 Å². The van der Waals surface area contributed by atoms with Crippen LogP contribution in [0.1, 0.15) is 0 Å². The SMILES string of the molecule is C=C(O)/C=C\C(O)=C/C(=C)OC.